The predicted molar refractivity (Wildman–Crippen MR) is 71.8 cm³/mol. The van der Waals surface area contributed by atoms with Gasteiger partial charge in [-0.25, -0.2) is 0 Å². The summed E-state index contributed by atoms with van der Waals surface area (Å²) >= 11 is 0. The Morgan fingerprint density at radius 1 is 1.21 bits per heavy atom. The Balaban J connectivity index is 1.53. The van der Waals surface area contributed by atoms with Crippen molar-refractivity contribution in [2.45, 2.75) is 12.8 Å². The number of ketones is 1. The minimum Gasteiger partial charge on any atom is -0.492 e. The molecule has 0 N–H and O–H groups in total. The summed E-state index contributed by atoms with van der Waals surface area (Å²) in [6.07, 6.45) is 1.52. The van der Waals surface area contributed by atoms with Gasteiger partial charge in [0.1, 0.15) is 12.4 Å². The van der Waals surface area contributed by atoms with Gasteiger partial charge in [0.05, 0.1) is 13.2 Å². The van der Waals surface area contributed by atoms with Crippen LogP contribution in [0.25, 0.3) is 0 Å². The number of ether oxygens (including phenoxy) is 2. The topological polar surface area (TPSA) is 38.8 Å². The number of morpholine rings is 1. The Morgan fingerprint density at radius 2 is 2.05 bits per heavy atom. The Labute approximate surface area is 113 Å². The lowest BCUT2D eigenvalue weighted by Crippen LogP contribution is -2.38. The molecular formula is C15H19NO3. The van der Waals surface area contributed by atoms with Crippen LogP contribution in [0, 0.1) is 0 Å². The summed E-state index contributed by atoms with van der Waals surface area (Å²) in [4.78, 5) is 14.0. The van der Waals surface area contributed by atoms with Crippen molar-refractivity contribution < 1.29 is 14.3 Å². The van der Waals surface area contributed by atoms with Gasteiger partial charge < -0.3 is 9.47 Å². The first-order chi connectivity index (χ1) is 9.33. The van der Waals surface area contributed by atoms with E-state index in [1.54, 1.807) is 0 Å². The molecule has 0 unspecified atom stereocenters. The monoisotopic (exact) mass is 261 g/mol. The van der Waals surface area contributed by atoms with Gasteiger partial charge in [0, 0.05) is 31.6 Å². The van der Waals surface area contributed by atoms with E-state index < -0.39 is 0 Å². The molecule has 1 fully saturated rings. The zero-order chi connectivity index (χ0) is 13.1. The van der Waals surface area contributed by atoms with E-state index in [0.717, 1.165) is 56.1 Å². The fourth-order valence-corrected chi connectivity index (χ4v) is 2.62. The highest BCUT2D eigenvalue weighted by atomic mass is 16.5. The van der Waals surface area contributed by atoms with Crippen LogP contribution in [0.15, 0.2) is 18.2 Å². The zero-order valence-electron chi connectivity index (χ0n) is 11.1. The maximum absolute atomic E-state index is 11.7. The molecule has 1 aliphatic heterocycles. The van der Waals surface area contributed by atoms with E-state index in [0.29, 0.717) is 13.0 Å². The number of aryl methyl sites for hydroxylation is 1. The molecule has 2 aliphatic rings. The average Bonchev–Trinajstić information content (AvgIpc) is 2.82. The summed E-state index contributed by atoms with van der Waals surface area (Å²) in [6.45, 7) is 5.15. The summed E-state index contributed by atoms with van der Waals surface area (Å²) in [5, 5.41) is 0. The number of carbonyl (C=O) groups excluding carboxylic acids is 1. The third-order valence-corrected chi connectivity index (χ3v) is 3.78. The lowest BCUT2D eigenvalue weighted by molar-refractivity contribution is 0.0322. The number of hydrogen-bond acceptors (Lipinski definition) is 4. The molecular weight excluding hydrogens is 242 g/mol. The Kier molecular flexibility index (Phi) is 3.80. The van der Waals surface area contributed by atoms with Crippen molar-refractivity contribution >= 4 is 5.78 Å². The standard InChI is InChI=1S/C15H19NO3/c17-15-4-2-12-1-3-13(11-14(12)15)19-10-7-16-5-8-18-9-6-16/h1,3,11H,2,4-10H2. The van der Waals surface area contributed by atoms with Crippen LogP contribution in [0.5, 0.6) is 5.75 Å². The third-order valence-electron chi connectivity index (χ3n) is 3.78. The number of rotatable bonds is 4. The minimum atomic E-state index is 0.244. The van der Waals surface area contributed by atoms with Crippen LogP contribution < -0.4 is 4.74 Å². The molecule has 1 aliphatic carbocycles. The van der Waals surface area contributed by atoms with E-state index in [1.807, 2.05) is 18.2 Å². The van der Waals surface area contributed by atoms with Crippen LogP contribution in [0.2, 0.25) is 0 Å². The Bertz CT molecular complexity index is 466. The summed E-state index contributed by atoms with van der Waals surface area (Å²) < 4.78 is 11.1. The number of Topliss-reactive ketones (excluding diaryl/α,β-unsaturated/α-hetero) is 1. The highest BCUT2D eigenvalue weighted by Gasteiger charge is 2.19. The van der Waals surface area contributed by atoms with Gasteiger partial charge in [-0.3, -0.25) is 9.69 Å². The normalized spacial score (nSPS) is 19.5. The molecule has 0 atom stereocenters. The van der Waals surface area contributed by atoms with Gasteiger partial charge in [0.25, 0.3) is 0 Å². The highest BCUT2D eigenvalue weighted by Crippen LogP contribution is 2.26. The molecule has 4 heteroatoms. The Hall–Kier alpha value is -1.39. The fourth-order valence-electron chi connectivity index (χ4n) is 2.62. The molecule has 102 valence electrons. The van der Waals surface area contributed by atoms with E-state index in [4.69, 9.17) is 9.47 Å². The SMILES string of the molecule is O=C1CCc2ccc(OCCN3CCOCC3)cc21. The van der Waals surface area contributed by atoms with Gasteiger partial charge >= 0.3 is 0 Å². The van der Waals surface area contributed by atoms with Crippen molar-refractivity contribution in [2.75, 3.05) is 39.5 Å². The quantitative estimate of drug-likeness (QED) is 0.824. The number of hydrogen-bond donors (Lipinski definition) is 0. The van der Waals surface area contributed by atoms with Crippen LogP contribution in [0.4, 0.5) is 0 Å². The van der Waals surface area contributed by atoms with Gasteiger partial charge in [0.2, 0.25) is 0 Å². The van der Waals surface area contributed by atoms with Crippen molar-refractivity contribution in [3.63, 3.8) is 0 Å². The van der Waals surface area contributed by atoms with Gasteiger partial charge in [-0.1, -0.05) is 6.07 Å². The summed E-state index contributed by atoms with van der Waals surface area (Å²) in [7, 11) is 0. The van der Waals surface area contributed by atoms with Crippen molar-refractivity contribution in [3.05, 3.63) is 29.3 Å². The molecule has 3 rings (SSSR count). The number of benzene rings is 1. The zero-order valence-corrected chi connectivity index (χ0v) is 11.1. The molecule has 0 amide bonds. The molecule has 4 nitrogen and oxygen atoms in total. The van der Waals surface area contributed by atoms with E-state index in [1.165, 1.54) is 0 Å². The molecule has 0 radical (unpaired) electrons. The highest BCUT2D eigenvalue weighted by molar-refractivity contribution is 6.00. The van der Waals surface area contributed by atoms with Gasteiger partial charge in [-0.15, -0.1) is 0 Å². The van der Waals surface area contributed by atoms with E-state index in [-0.39, 0.29) is 5.78 Å². The van der Waals surface area contributed by atoms with Crippen LogP contribution in [-0.2, 0) is 11.2 Å². The fraction of sp³-hybridized carbons (Fsp3) is 0.533. The lowest BCUT2D eigenvalue weighted by Gasteiger charge is -2.26. The largest absolute Gasteiger partial charge is 0.492 e. The molecule has 1 aromatic carbocycles. The molecule has 1 aromatic rings. The second-order valence-electron chi connectivity index (χ2n) is 5.04. The smallest absolute Gasteiger partial charge is 0.163 e. The number of nitrogens with zero attached hydrogens (tertiary/aromatic N) is 1. The van der Waals surface area contributed by atoms with Crippen molar-refractivity contribution in [3.8, 4) is 5.75 Å². The second-order valence-corrected chi connectivity index (χ2v) is 5.04. The average molecular weight is 261 g/mol. The summed E-state index contributed by atoms with van der Waals surface area (Å²) in [5.41, 5.74) is 2.01. The van der Waals surface area contributed by atoms with Crippen LogP contribution in [0.3, 0.4) is 0 Å². The van der Waals surface area contributed by atoms with Crippen LogP contribution in [-0.4, -0.2) is 50.1 Å². The van der Waals surface area contributed by atoms with Crippen molar-refractivity contribution in [1.29, 1.82) is 0 Å². The van der Waals surface area contributed by atoms with E-state index in [2.05, 4.69) is 4.90 Å². The third kappa shape index (κ3) is 2.96. The van der Waals surface area contributed by atoms with Crippen LogP contribution >= 0.6 is 0 Å². The van der Waals surface area contributed by atoms with Gasteiger partial charge in [-0.05, 0) is 24.1 Å². The molecule has 0 bridgehead atoms. The first-order valence-corrected chi connectivity index (χ1v) is 6.92. The first-order valence-electron chi connectivity index (χ1n) is 6.92. The lowest BCUT2D eigenvalue weighted by atomic mass is 10.1. The molecule has 1 saturated heterocycles. The predicted octanol–water partition coefficient (Wildman–Crippen LogP) is 1.53. The van der Waals surface area contributed by atoms with E-state index >= 15 is 0 Å². The van der Waals surface area contributed by atoms with Crippen LogP contribution in [0.1, 0.15) is 22.3 Å². The van der Waals surface area contributed by atoms with E-state index in [9.17, 15) is 4.79 Å². The maximum atomic E-state index is 11.7. The Morgan fingerprint density at radius 3 is 2.89 bits per heavy atom. The van der Waals surface area contributed by atoms with Gasteiger partial charge in [-0.2, -0.15) is 0 Å². The molecule has 19 heavy (non-hydrogen) atoms. The number of fused-ring (bicyclic) bond motifs is 1. The molecule has 0 spiro atoms. The number of carbonyl (C=O) groups is 1. The van der Waals surface area contributed by atoms with Crippen molar-refractivity contribution in [2.24, 2.45) is 0 Å². The molecule has 0 saturated carbocycles. The van der Waals surface area contributed by atoms with Gasteiger partial charge in [0.15, 0.2) is 5.78 Å². The summed E-state index contributed by atoms with van der Waals surface area (Å²) in [6, 6.07) is 5.88. The second kappa shape index (κ2) is 5.72. The summed E-state index contributed by atoms with van der Waals surface area (Å²) in [5.74, 6) is 1.05. The minimum absolute atomic E-state index is 0.244. The molecule has 0 aromatic heterocycles. The maximum Gasteiger partial charge on any atom is 0.163 e. The first kappa shape index (κ1) is 12.6. The molecule has 1 heterocycles. The van der Waals surface area contributed by atoms with Crippen molar-refractivity contribution in [1.82, 2.24) is 4.90 Å².